The Kier molecular flexibility index (Phi) is 9.24. The fourth-order valence-electron chi connectivity index (χ4n) is 5.72. The van der Waals surface area contributed by atoms with Gasteiger partial charge in [0.05, 0.1) is 6.04 Å². The summed E-state index contributed by atoms with van der Waals surface area (Å²) in [6, 6.07) is 29.1. The topological polar surface area (TPSA) is 73.4 Å². The van der Waals surface area contributed by atoms with E-state index in [1.807, 2.05) is 67.6 Å². The normalized spacial score (nSPS) is 18.9. The van der Waals surface area contributed by atoms with Gasteiger partial charge in [-0.2, -0.15) is 0 Å². The average Bonchev–Trinajstić information content (AvgIpc) is 2.95. The van der Waals surface area contributed by atoms with Crippen LogP contribution in [-0.4, -0.2) is 29.8 Å². The molecule has 38 heavy (non-hydrogen) atoms. The van der Waals surface area contributed by atoms with Gasteiger partial charge in [0.2, 0.25) is 0 Å². The van der Waals surface area contributed by atoms with Crippen molar-refractivity contribution in [3.05, 3.63) is 108 Å². The number of urea groups is 1. The number of rotatable bonds is 10. The molecular formula is C33H43N3O2. The van der Waals surface area contributed by atoms with Gasteiger partial charge in [0.1, 0.15) is 5.60 Å². The Bertz CT molecular complexity index is 1090. The SMILES string of the molecule is CC(NC(=O)NC1CCC(CCNC(C)(C)c2ccccc2)CC1)C(O)(c1ccccc1)c1ccccc1. The Morgan fingerprint density at radius 2 is 1.29 bits per heavy atom. The number of nitrogens with one attached hydrogen (secondary N) is 3. The number of hydrogen-bond acceptors (Lipinski definition) is 3. The van der Waals surface area contributed by atoms with Crippen molar-refractivity contribution in [2.45, 2.75) is 76.1 Å². The molecule has 5 nitrogen and oxygen atoms in total. The Balaban J connectivity index is 1.26. The summed E-state index contributed by atoms with van der Waals surface area (Å²) in [5.74, 6) is 0.676. The summed E-state index contributed by atoms with van der Waals surface area (Å²) in [5, 5.41) is 21.8. The molecule has 3 aromatic rings. The largest absolute Gasteiger partial charge is 0.378 e. The van der Waals surface area contributed by atoms with Crippen LogP contribution in [0.3, 0.4) is 0 Å². The molecule has 0 saturated heterocycles. The molecule has 202 valence electrons. The van der Waals surface area contributed by atoms with Crippen LogP contribution in [0.2, 0.25) is 0 Å². The summed E-state index contributed by atoms with van der Waals surface area (Å²) < 4.78 is 0. The quantitative estimate of drug-likeness (QED) is 0.265. The fraction of sp³-hybridized carbons (Fsp3) is 0.424. The van der Waals surface area contributed by atoms with Gasteiger partial charge in [-0.3, -0.25) is 0 Å². The Morgan fingerprint density at radius 1 is 0.816 bits per heavy atom. The van der Waals surface area contributed by atoms with Crippen molar-refractivity contribution in [1.29, 1.82) is 0 Å². The molecular weight excluding hydrogens is 470 g/mol. The molecule has 0 aliphatic heterocycles. The maximum Gasteiger partial charge on any atom is 0.315 e. The number of benzene rings is 3. The third-order valence-corrected chi connectivity index (χ3v) is 8.20. The Labute approximate surface area is 228 Å². The molecule has 2 amide bonds. The van der Waals surface area contributed by atoms with Crippen LogP contribution in [0.25, 0.3) is 0 Å². The van der Waals surface area contributed by atoms with E-state index in [9.17, 15) is 9.90 Å². The maximum atomic E-state index is 13.0. The van der Waals surface area contributed by atoms with Crippen LogP contribution < -0.4 is 16.0 Å². The molecule has 1 unspecified atom stereocenters. The number of amides is 2. The van der Waals surface area contributed by atoms with Gasteiger partial charge in [-0.25, -0.2) is 4.79 Å². The molecule has 4 N–H and O–H groups in total. The van der Waals surface area contributed by atoms with Crippen LogP contribution in [0.1, 0.15) is 69.6 Å². The molecule has 1 saturated carbocycles. The second-order valence-electron chi connectivity index (χ2n) is 11.3. The fourth-order valence-corrected chi connectivity index (χ4v) is 5.72. The van der Waals surface area contributed by atoms with Gasteiger partial charge in [-0.05, 0) is 82.0 Å². The van der Waals surface area contributed by atoms with Crippen molar-refractivity contribution in [3.63, 3.8) is 0 Å². The highest BCUT2D eigenvalue weighted by molar-refractivity contribution is 5.75. The van der Waals surface area contributed by atoms with E-state index in [0.29, 0.717) is 5.92 Å². The summed E-state index contributed by atoms with van der Waals surface area (Å²) in [7, 11) is 0. The van der Waals surface area contributed by atoms with Gasteiger partial charge < -0.3 is 21.1 Å². The first kappa shape index (κ1) is 27.9. The van der Waals surface area contributed by atoms with Crippen LogP contribution in [0.15, 0.2) is 91.0 Å². The van der Waals surface area contributed by atoms with E-state index in [0.717, 1.165) is 49.8 Å². The van der Waals surface area contributed by atoms with Crippen LogP contribution in [-0.2, 0) is 11.1 Å². The summed E-state index contributed by atoms with van der Waals surface area (Å²) in [5.41, 5.74) is 1.43. The highest BCUT2D eigenvalue weighted by atomic mass is 16.3. The first-order chi connectivity index (χ1) is 18.3. The lowest BCUT2D eigenvalue weighted by molar-refractivity contribution is 0.0470. The summed E-state index contributed by atoms with van der Waals surface area (Å²) in [4.78, 5) is 13.0. The third-order valence-electron chi connectivity index (χ3n) is 8.20. The smallest absolute Gasteiger partial charge is 0.315 e. The Hall–Kier alpha value is -3.15. The molecule has 1 atom stereocenters. The van der Waals surface area contributed by atoms with Crippen molar-refractivity contribution in [2.75, 3.05) is 6.54 Å². The zero-order chi connectivity index (χ0) is 27.0. The lowest BCUT2D eigenvalue weighted by Crippen LogP contribution is -2.54. The molecule has 0 radical (unpaired) electrons. The number of aliphatic hydroxyl groups is 1. The second-order valence-corrected chi connectivity index (χ2v) is 11.3. The van der Waals surface area contributed by atoms with Gasteiger partial charge >= 0.3 is 6.03 Å². The van der Waals surface area contributed by atoms with E-state index in [4.69, 9.17) is 0 Å². The summed E-state index contributed by atoms with van der Waals surface area (Å²) in [6.45, 7) is 7.32. The predicted molar refractivity (Wildman–Crippen MR) is 155 cm³/mol. The molecule has 3 aromatic carbocycles. The predicted octanol–water partition coefficient (Wildman–Crippen LogP) is 6.08. The molecule has 0 heterocycles. The van der Waals surface area contributed by atoms with Crippen molar-refractivity contribution in [1.82, 2.24) is 16.0 Å². The highest BCUT2D eigenvalue weighted by Crippen LogP contribution is 2.33. The van der Waals surface area contributed by atoms with Crippen molar-refractivity contribution < 1.29 is 9.90 Å². The van der Waals surface area contributed by atoms with Crippen molar-refractivity contribution in [3.8, 4) is 0 Å². The maximum absolute atomic E-state index is 13.0. The third kappa shape index (κ3) is 6.83. The van der Waals surface area contributed by atoms with Crippen LogP contribution >= 0.6 is 0 Å². The zero-order valence-corrected chi connectivity index (χ0v) is 23.0. The van der Waals surface area contributed by atoms with E-state index >= 15 is 0 Å². The molecule has 1 aliphatic rings. The monoisotopic (exact) mass is 513 g/mol. The zero-order valence-electron chi connectivity index (χ0n) is 23.0. The van der Waals surface area contributed by atoms with E-state index in [1.165, 1.54) is 5.56 Å². The van der Waals surface area contributed by atoms with Crippen molar-refractivity contribution in [2.24, 2.45) is 5.92 Å². The first-order valence-corrected chi connectivity index (χ1v) is 14.0. The highest BCUT2D eigenvalue weighted by Gasteiger charge is 2.38. The summed E-state index contributed by atoms with van der Waals surface area (Å²) >= 11 is 0. The molecule has 1 aliphatic carbocycles. The number of carbonyl (C=O) groups is 1. The molecule has 0 bridgehead atoms. The van der Waals surface area contributed by atoms with Crippen molar-refractivity contribution >= 4 is 6.03 Å². The molecule has 0 spiro atoms. The molecule has 4 rings (SSSR count). The van der Waals surface area contributed by atoms with Gasteiger partial charge in [0.25, 0.3) is 0 Å². The van der Waals surface area contributed by atoms with Gasteiger partial charge in [-0.15, -0.1) is 0 Å². The first-order valence-electron chi connectivity index (χ1n) is 14.0. The Morgan fingerprint density at radius 3 is 1.79 bits per heavy atom. The van der Waals surface area contributed by atoms with Gasteiger partial charge in [-0.1, -0.05) is 91.0 Å². The van der Waals surface area contributed by atoms with Crippen LogP contribution in [0.5, 0.6) is 0 Å². The van der Waals surface area contributed by atoms with E-state index in [1.54, 1.807) is 0 Å². The number of hydrogen-bond donors (Lipinski definition) is 4. The standard InChI is InChI=1S/C33H43N3O2/c1-25(33(38,28-15-9-5-10-16-28)29-17-11-6-12-18-29)35-31(37)36-30-21-19-26(20-22-30)23-24-34-32(2,3)27-13-7-4-8-14-27/h4-18,25-26,30,34,38H,19-24H2,1-3H3,(H2,35,36,37). The minimum atomic E-state index is -1.34. The van der Waals surface area contributed by atoms with E-state index in [2.05, 4.69) is 60.1 Å². The minimum absolute atomic E-state index is 0.0454. The number of carbonyl (C=O) groups excluding carboxylic acids is 1. The minimum Gasteiger partial charge on any atom is -0.378 e. The molecule has 5 heteroatoms. The average molecular weight is 514 g/mol. The van der Waals surface area contributed by atoms with Crippen LogP contribution in [0.4, 0.5) is 4.79 Å². The molecule has 1 fully saturated rings. The van der Waals surface area contributed by atoms with E-state index in [-0.39, 0.29) is 17.6 Å². The molecule has 0 aromatic heterocycles. The second kappa shape index (κ2) is 12.6. The van der Waals surface area contributed by atoms with Gasteiger partial charge in [0.15, 0.2) is 0 Å². The lowest BCUT2D eigenvalue weighted by Gasteiger charge is -2.36. The van der Waals surface area contributed by atoms with Gasteiger partial charge in [0, 0.05) is 11.6 Å². The van der Waals surface area contributed by atoms with Crippen LogP contribution in [0, 0.1) is 5.92 Å². The van der Waals surface area contributed by atoms with E-state index < -0.39 is 11.6 Å². The lowest BCUT2D eigenvalue weighted by atomic mass is 9.81. The summed E-state index contributed by atoms with van der Waals surface area (Å²) in [6.07, 6.45) is 5.34.